The van der Waals surface area contributed by atoms with Crippen LogP contribution in [-0.2, 0) is 0 Å². The molecular formula is C24H33NO2. The van der Waals surface area contributed by atoms with Crippen molar-refractivity contribution in [3.8, 4) is 0 Å². The molecule has 4 aliphatic rings. The van der Waals surface area contributed by atoms with Gasteiger partial charge in [0.25, 0.3) is 0 Å². The van der Waals surface area contributed by atoms with Crippen molar-refractivity contribution in [3.63, 3.8) is 0 Å². The second-order valence-corrected chi connectivity index (χ2v) is 10.1. The lowest BCUT2D eigenvalue weighted by Crippen LogP contribution is -2.52. The average molecular weight is 368 g/mol. The summed E-state index contributed by atoms with van der Waals surface area (Å²) in [4.78, 5) is 4.49. The molecule has 2 saturated carbocycles. The second-order valence-electron chi connectivity index (χ2n) is 10.1. The monoisotopic (exact) mass is 367 g/mol. The van der Waals surface area contributed by atoms with E-state index in [4.69, 9.17) is 4.42 Å². The van der Waals surface area contributed by atoms with Crippen molar-refractivity contribution < 1.29 is 9.52 Å². The number of rotatable bonds is 2. The van der Waals surface area contributed by atoms with Gasteiger partial charge in [0.05, 0.1) is 6.10 Å². The van der Waals surface area contributed by atoms with Crippen molar-refractivity contribution >= 4 is 5.57 Å². The van der Waals surface area contributed by atoms with Gasteiger partial charge in [0.2, 0.25) is 0 Å². The molecule has 0 aromatic carbocycles. The Bertz CT molecular complexity index is 778. The van der Waals surface area contributed by atoms with Crippen LogP contribution in [0.5, 0.6) is 0 Å². The molecule has 5 rings (SSSR count). The fourth-order valence-electron chi connectivity index (χ4n) is 7.51. The average Bonchev–Trinajstić information content (AvgIpc) is 3.28. The van der Waals surface area contributed by atoms with Crippen molar-refractivity contribution in [2.45, 2.75) is 71.8 Å². The molecule has 1 heterocycles. The molecule has 0 spiro atoms. The van der Waals surface area contributed by atoms with Gasteiger partial charge >= 0.3 is 0 Å². The Morgan fingerprint density at radius 1 is 1.19 bits per heavy atom. The summed E-state index contributed by atoms with van der Waals surface area (Å²) in [6, 6.07) is 0. The minimum Gasteiger partial charge on any atom is -0.451 e. The number of aliphatic hydroxyl groups is 1. The fraction of sp³-hybridized carbons (Fsp3) is 0.708. The Balaban J connectivity index is 1.54. The number of allylic oxidation sites excluding steroid dienone is 3. The first kappa shape index (κ1) is 17.7. The summed E-state index contributed by atoms with van der Waals surface area (Å²) in [7, 11) is 0. The zero-order valence-corrected chi connectivity index (χ0v) is 16.9. The highest BCUT2D eigenvalue weighted by Gasteiger charge is 2.59. The molecule has 1 aromatic rings. The van der Waals surface area contributed by atoms with Gasteiger partial charge in [-0.15, -0.1) is 0 Å². The first-order valence-corrected chi connectivity index (χ1v) is 11.0. The van der Waals surface area contributed by atoms with Gasteiger partial charge in [-0.2, -0.15) is 0 Å². The maximum atomic E-state index is 10.3. The van der Waals surface area contributed by atoms with Crippen LogP contribution in [0.25, 0.3) is 5.57 Å². The van der Waals surface area contributed by atoms with Gasteiger partial charge in [-0.1, -0.05) is 38.5 Å². The van der Waals surface area contributed by atoms with Gasteiger partial charge in [0.15, 0.2) is 6.39 Å². The van der Waals surface area contributed by atoms with E-state index < -0.39 is 0 Å². The molecule has 0 aliphatic heterocycles. The van der Waals surface area contributed by atoms with E-state index in [2.05, 4.69) is 37.9 Å². The smallest absolute Gasteiger partial charge is 0.181 e. The van der Waals surface area contributed by atoms with Crippen molar-refractivity contribution in [2.24, 2.45) is 34.5 Å². The van der Waals surface area contributed by atoms with Crippen molar-refractivity contribution in [3.05, 3.63) is 36.1 Å². The highest BCUT2D eigenvalue weighted by atomic mass is 16.3. The van der Waals surface area contributed by atoms with Crippen LogP contribution < -0.4 is 0 Å². The van der Waals surface area contributed by atoms with Gasteiger partial charge < -0.3 is 9.52 Å². The summed E-state index contributed by atoms with van der Waals surface area (Å²) in [5.41, 5.74) is 4.56. The van der Waals surface area contributed by atoms with Crippen LogP contribution in [0.4, 0.5) is 0 Å². The standard InChI is InChI=1S/C24H33NO2/c1-4-15-11-16-12-17(26)7-9-23(16,2)20-8-10-24(3)18(21-13-27-14-25-21)5-6-19(24)22(15)20/h5,11,13-15,17,19-20,22,26H,4,6-10,12H2,1-3H3/t15-,17-,19-,20-,22-,23-,24+/m0/s1. The highest BCUT2D eigenvalue weighted by molar-refractivity contribution is 5.70. The number of fused-ring (bicyclic) bond motifs is 5. The zero-order chi connectivity index (χ0) is 18.8. The van der Waals surface area contributed by atoms with Crippen LogP contribution in [0.2, 0.25) is 0 Å². The van der Waals surface area contributed by atoms with E-state index in [1.165, 1.54) is 31.3 Å². The Hall–Kier alpha value is -1.35. The molecule has 0 radical (unpaired) electrons. The predicted molar refractivity (Wildman–Crippen MR) is 107 cm³/mol. The van der Waals surface area contributed by atoms with Crippen molar-refractivity contribution in [1.29, 1.82) is 0 Å². The molecule has 2 fully saturated rings. The Morgan fingerprint density at radius 3 is 2.74 bits per heavy atom. The van der Waals surface area contributed by atoms with E-state index in [0.29, 0.717) is 17.3 Å². The third-order valence-electron chi connectivity index (χ3n) is 9.01. The summed E-state index contributed by atoms with van der Waals surface area (Å²) >= 11 is 0. The second kappa shape index (κ2) is 6.07. The van der Waals surface area contributed by atoms with E-state index in [0.717, 1.165) is 36.8 Å². The molecule has 3 nitrogen and oxygen atoms in total. The summed E-state index contributed by atoms with van der Waals surface area (Å²) in [5.74, 6) is 2.86. The van der Waals surface area contributed by atoms with Gasteiger partial charge in [0, 0.05) is 0 Å². The summed E-state index contributed by atoms with van der Waals surface area (Å²) in [5, 5.41) is 10.3. The molecular weight excluding hydrogens is 334 g/mol. The van der Waals surface area contributed by atoms with Gasteiger partial charge in [-0.05, 0) is 85.0 Å². The largest absolute Gasteiger partial charge is 0.451 e. The minimum absolute atomic E-state index is 0.126. The SMILES string of the molecule is CC[C@H]1C=C2C[C@@H](O)CC[C@]2(C)[C@H]2CC[C@]3(C)C(c4cocn4)=CC[C@H]3[C@H]12. The zero-order valence-electron chi connectivity index (χ0n) is 16.9. The maximum absolute atomic E-state index is 10.3. The Morgan fingerprint density at radius 2 is 2.00 bits per heavy atom. The molecule has 27 heavy (non-hydrogen) atoms. The summed E-state index contributed by atoms with van der Waals surface area (Å²) in [6.45, 7) is 7.35. The van der Waals surface area contributed by atoms with Crippen LogP contribution >= 0.6 is 0 Å². The predicted octanol–water partition coefficient (Wildman–Crippen LogP) is 5.63. The normalized spacial score (nSPS) is 46.1. The number of aromatic nitrogens is 1. The van der Waals surface area contributed by atoms with Crippen molar-refractivity contribution in [2.75, 3.05) is 0 Å². The molecule has 1 aromatic heterocycles. The summed E-state index contributed by atoms with van der Waals surface area (Å²) < 4.78 is 5.31. The third kappa shape index (κ3) is 2.40. The van der Waals surface area contributed by atoms with Crippen LogP contribution in [0, 0.1) is 34.5 Å². The highest BCUT2D eigenvalue weighted by Crippen LogP contribution is 2.67. The van der Waals surface area contributed by atoms with Crippen LogP contribution in [0.3, 0.4) is 0 Å². The number of oxazole rings is 1. The minimum atomic E-state index is -0.126. The van der Waals surface area contributed by atoms with E-state index in [9.17, 15) is 5.11 Å². The van der Waals surface area contributed by atoms with Gasteiger partial charge in [-0.3, -0.25) is 0 Å². The molecule has 4 aliphatic carbocycles. The summed E-state index contributed by atoms with van der Waals surface area (Å²) in [6.07, 6.45) is 16.3. The first-order valence-electron chi connectivity index (χ1n) is 11.0. The molecule has 0 unspecified atom stereocenters. The molecule has 3 heteroatoms. The van der Waals surface area contributed by atoms with E-state index in [1.807, 2.05) is 6.26 Å². The maximum Gasteiger partial charge on any atom is 0.181 e. The number of nitrogens with zero attached hydrogens (tertiary/aromatic N) is 1. The van der Waals surface area contributed by atoms with E-state index >= 15 is 0 Å². The van der Waals surface area contributed by atoms with Crippen LogP contribution in [0.15, 0.2) is 34.8 Å². The third-order valence-corrected chi connectivity index (χ3v) is 9.01. The van der Waals surface area contributed by atoms with Gasteiger partial charge in [-0.25, -0.2) is 4.98 Å². The lowest BCUT2D eigenvalue weighted by Gasteiger charge is -2.59. The topological polar surface area (TPSA) is 46.3 Å². The van der Waals surface area contributed by atoms with Gasteiger partial charge in [0.1, 0.15) is 12.0 Å². The van der Waals surface area contributed by atoms with E-state index in [1.54, 1.807) is 12.0 Å². The molecule has 0 saturated heterocycles. The van der Waals surface area contributed by atoms with Crippen molar-refractivity contribution in [1.82, 2.24) is 4.98 Å². The lowest BCUT2D eigenvalue weighted by atomic mass is 9.45. The molecule has 7 atom stereocenters. The number of hydrogen-bond donors (Lipinski definition) is 1. The Labute approximate surface area is 163 Å². The molecule has 146 valence electrons. The molecule has 0 bridgehead atoms. The van der Waals surface area contributed by atoms with Crippen LogP contribution in [-0.4, -0.2) is 16.2 Å². The fourth-order valence-corrected chi connectivity index (χ4v) is 7.51. The van der Waals surface area contributed by atoms with Crippen LogP contribution in [0.1, 0.15) is 71.4 Å². The lowest BCUT2D eigenvalue weighted by molar-refractivity contribution is -0.0465. The molecule has 0 amide bonds. The molecule has 1 N–H and O–H groups in total. The van der Waals surface area contributed by atoms with E-state index in [-0.39, 0.29) is 11.5 Å². The number of hydrogen-bond acceptors (Lipinski definition) is 3. The Kier molecular flexibility index (Phi) is 3.99. The number of aliphatic hydroxyl groups excluding tert-OH is 1. The first-order chi connectivity index (χ1) is 13.0. The quantitative estimate of drug-likeness (QED) is 0.689.